The molecule has 0 N–H and O–H groups in total. The van der Waals surface area contributed by atoms with Gasteiger partial charge in [-0.1, -0.05) is 36.4 Å². The van der Waals surface area contributed by atoms with E-state index >= 15 is 0 Å². The van der Waals surface area contributed by atoms with E-state index in [1.165, 1.54) is 16.3 Å². The summed E-state index contributed by atoms with van der Waals surface area (Å²) in [4.78, 5) is 4.55. The summed E-state index contributed by atoms with van der Waals surface area (Å²) in [6, 6.07) is 14.8. The number of nitrogens with zero attached hydrogens (tertiary/aromatic N) is 1. The summed E-state index contributed by atoms with van der Waals surface area (Å²) in [6.07, 6.45) is 0. The average Bonchev–Trinajstić information content (AvgIpc) is 2.87. The van der Waals surface area contributed by atoms with E-state index < -0.39 is 0 Å². The van der Waals surface area contributed by atoms with E-state index in [0.29, 0.717) is 5.75 Å². The second-order valence-electron chi connectivity index (χ2n) is 3.85. The van der Waals surface area contributed by atoms with Crippen LogP contribution in [0.4, 0.5) is 0 Å². The number of benzene rings is 2. The summed E-state index contributed by atoms with van der Waals surface area (Å²) < 4.78 is 0. The highest BCUT2D eigenvalue weighted by Gasteiger charge is 2.04. The van der Waals surface area contributed by atoms with Crippen LogP contribution in [-0.4, -0.2) is 4.98 Å². The second-order valence-corrected chi connectivity index (χ2v) is 5.11. The van der Waals surface area contributed by atoms with E-state index in [-0.39, 0.29) is 0 Å². The van der Waals surface area contributed by atoms with Crippen molar-refractivity contribution in [3.8, 4) is 11.3 Å². The number of rotatable bonds is 2. The van der Waals surface area contributed by atoms with E-state index in [1.807, 2.05) is 0 Å². The molecule has 0 fully saturated rings. The zero-order valence-electron chi connectivity index (χ0n) is 9.13. The minimum absolute atomic E-state index is 0.707. The second kappa shape index (κ2) is 4.51. The van der Waals surface area contributed by atoms with Crippen molar-refractivity contribution in [2.24, 2.45) is 0 Å². The Labute approximate surface area is 110 Å². The van der Waals surface area contributed by atoms with E-state index in [4.69, 9.17) is 0 Å². The molecule has 0 aliphatic heterocycles. The molecule has 0 aliphatic carbocycles. The molecule has 0 spiro atoms. The molecule has 0 atom stereocenters. The van der Waals surface area contributed by atoms with Crippen LogP contribution in [0.3, 0.4) is 0 Å². The first-order valence-corrected chi connectivity index (χ1v) is 6.92. The molecular weight excluding hydrogens is 246 g/mol. The van der Waals surface area contributed by atoms with Crippen molar-refractivity contribution < 1.29 is 0 Å². The molecule has 0 amide bonds. The van der Waals surface area contributed by atoms with Crippen molar-refractivity contribution in [2.45, 2.75) is 5.75 Å². The number of thiazole rings is 1. The zero-order chi connectivity index (χ0) is 11.7. The van der Waals surface area contributed by atoms with Crippen LogP contribution in [0.2, 0.25) is 0 Å². The van der Waals surface area contributed by atoms with E-state index in [0.717, 1.165) is 10.7 Å². The Balaban J connectivity index is 2.11. The third-order valence-electron chi connectivity index (χ3n) is 2.73. The summed E-state index contributed by atoms with van der Waals surface area (Å²) in [5.41, 5.74) is 2.22. The standard InChI is InChI=1S/C14H11NS2/c16-8-14-15-13(9-17-14)12-6-5-10-3-1-2-4-11(10)7-12/h1-7,9,16H,8H2. The molecule has 3 rings (SSSR count). The summed E-state index contributed by atoms with van der Waals surface area (Å²) >= 11 is 5.91. The molecule has 1 nitrogen and oxygen atoms in total. The van der Waals surface area contributed by atoms with Crippen LogP contribution >= 0.6 is 24.0 Å². The lowest BCUT2D eigenvalue weighted by Gasteiger charge is -2.00. The largest absolute Gasteiger partial charge is 0.240 e. The van der Waals surface area contributed by atoms with Gasteiger partial charge in [0.1, 0.15) is 5.01 Å². The molecule has 3 heteroatoms. The van der Waals surface area contributed by atoms with Gasteiger partial charge in [-0.15, -0.1) is 11.3 Å². The van der Waals surface area contributed by atoms with E-state index in [2.05, 4.69) is 65.5 Å². The maximum absolute atomic E-state index is 4.55. The van der Waals surface area contributed by atoms with Gasteiger partial charge in [0.25, 0.3) is 0 Å². The number of aromatic nitrogens is 1. The highest BCUT2D eigenvalue weighted by molar-refractivity contribution is 7.79. The maximum Gasteiger partial charge on any atom is 0.103 e. The molecule has 17 heavy (non-hydrogen) atoms. The number of fused-ring (bicyclic) bond motifs is 1. The summed E-state index contributed by atoms with van der Waals surface area (Å²) in [7, 11) is 0. The first-order valence-electron chi connectivity index (χ1n) is 5.41. The average molecular weight is 257 g/mol. The summed E-state index contributed by atoms with van der Waals surface area (Å²) in [6.45, 7) is 0. The van der Waals surface area contributed by atoms with Gasteiger partial charge in [0.2, 0.25) is 0 Å². The summed E-state index contributed by atoms with van der Waals surface area (Å²) in [5, 5.41) is 5.68. The molecule has 0 radical (unpaired) electrons. The van der Waals surface area contributed by atoms with Gasteiger partial charge in [-0.3, -0.25) is 0 Å². The van der Waals surface area contributed by atoms with Gasteiger partial charge in [0.15, 0.2) is 0 Å². The van der Waals surface area contributed by atoms with E-state index in [9.17, 15) is 0 Å². The van der Waals surface area contributed by atoms with Gasteiger partial charge < -0.3 is 0 Å². The van der Waals surface area contributed by atoms with Crippen molar-refractivity contribution in [3.63, 3.8) is 0 Å². The smallest absolute Gasteiger partial charge is 0.103 e. The summed E-state index contributed by atoms with van der Waals surface area (Å²) in [5.74, 6) is 0.707. The Bertz CT molecular complexity index is 658. The molecule has 2 aromatic carbocycles. The van der Waals surface area contributed by atoms with Gasteiger partial charge in [-0.2, -0.15) is 12.6 Å². The van der Waals surface area contributed by atoms with Crippen LogP contribution in [0, 0.1) is 0 Å². The molecule has 0 saturated carbocycles. The van der Waals surface area contributed by atoms with Crippen molar-refractivity contribution in [1.29, 1.82) is 0 Å². The van der Waals surface area contributed by atoms with Crippen LogP contribution in [0.25, 0.3) is 22.0 Å². The Kier molecular flexibility index (Phi) is 2.87. The molecular formula is C14H11NS2. The normalized spacial score (nSPS) is 10.9. The van der Waals surface area contributed by atoms with Crippen LogP contribution in [0.15, 0.2) is 47.8 Å². The predicted molar refractivity (Wildman–Crippen MR) is 77.7 cm³/mol. The predicted octanol–water partition coefficient (Wildman–Crippen LogP) is 4.39. The fraction of sp³-hybridized carbons (Fsp3) is 0.0714. The fourth-order valence-electron chi connectivity index (χ4n) is 1.86. The quantitative estimate of drug-likeness (QED) is 0.672. The molecule has 0 aliphatic rings. The molecule has 1 heterocycles. The SMILES string of the molecule is SCc1nc(-c2ccc3ccccc3c2)cs1. The molecule has 0 saturated heterocycles. The zero-order valence-corrected chi connectivity index (χ0v) is 10.8. The van der Waals surface area contributed by atoms with Crippen molar-refractivity contribution in [1.82, 2.24) is 4.98 Å². The number of thiol groups is 1. The van der Waals surface area contributed by atoms with Gasteiger partial charge in [0, 0.05) is 16.7 Å². The lowest BCUT2D eigenvalue weighted by atomic mass is 10.1. The van der Waals surface area contributed by atoms with Gasteiger partial charge in [0.05, 0.1) is 5.69 Å². The minimum atomic E-state index is 0.707. The van der Waals surface area contributed by atoms with Crippen molar-refractivity contribution >= 4 is 34.7 Å². The molecule has 3 aromatic rings. The van der Waals surface area contributed by atoms with Crippen LogP contribution in [-0.2, 0) is 5.75 Å². The van der Waals surface area contributed by atoms with Crippen molar-refractivity contribution in [3.05, 3.63) is 52.9 Å². The first kappa shape index (κ1) is 10.8. The molecule has 84 valence electrons. The van der Waals surface area contributed by atoms with Gasteiger partial charge >= 0.3 is 0 Å². The molecule has 0 bridgehead atoms. The van der Waals surface area contributed by atoms with Gasteiger partial charge in [-0.25, -0.2) is 4.98 Å². The number of hydrogen-bond acceptors (Lipinski definition) is 3. The third kappa shape index (κ3) is 2.08. The highest BCUT2D eigenvalue weighted by Crippen LogP contribution is 2.26. The topological polar surface area (TPSA) is 12.9 Å². The Morgan fingerprint density at radius 3 is 2.65 bits per heavy atom. The Morgan fingerprint density at radius 1 is 1.06 bits per heavy atom. The highest BCUT2D eigenvalue weighted by atomic mass is 32.1. The first-order chi connectivity index (χ1) is 8.36. The molecule has 1 aromatic heterocycles. The van der Waals surface area contributed by atoms with E-state index in [1.54, 1.807) is 11.3 Å². The Morgan fingerprint density at radius 2 is 1.88 bits per heavy atom. The van der Waals surface area contributed by atoms with Crippen LogP contribution in [0.1, 0.15) is 5.01 Å². The fourth-order valence-corrected chi connectivity index (χ4v) is 2.82. The number of hydrogen-bond donors (Lipinski definition) is 1. The monoisotopic (exact) mass is 257 g/mol. The van der Waals surface area contributed by atoms with Gasteiger partial charge in [-0.05, 0) is 16.8 Å². The lowest BCUT2D eigenvalue weighted by Crippen LogP contribution is -1.80. The minimum Gasteiger partial charge on any atom is -0.240 e. The third-order valence-corrected chi connectivity index (χ3v) is 4.09. The van der Waals surface area contributed by atoms with Crippen molar-refractivity contribution in [2.75, 3.05) is 0 Å². The molecule has 0 unspecified atom stereocenters. The maximum atomic E-state index is 4.55. The Hall–Kier alpha value is -1.32. The van der Waals surface area contributed by atoms with Crippen LogP contribution < -0.4 is 0 Å². The van der Waals surface area contributed by atoms with Crippen LogP contribution in [0.5, 0.6) is 0 Å². The lowest BCUT2D eigenvalue weighted by molar-refractivity contribution is 1.28.